The van der Waals surface area contributed by atoms with Crippen molar-refractivity contribution in [3.63, 3.8) is 0 Å². The van der Waals surface area contributed by atoms with Gasteiger partial charge in [-0.05, 0) is 24.3 Å². The largest absolute Gasteiger partial charge is 0.497 e. The summed E-state index contributed by atoms with van der Waals surface area (Å²) in [5, 5.41) is 5.40. The van der Waals surface area contributed by atoms with E-state index in [0.29, 0.717) is 35.9 Å². The highest BCUT2D eigenvalue weighted by atomic mass is 16.5. The van der Waals surface area contributed by atoms with E-state index in [9.17, 15) is 9.59 Å². The normalized spacial score (nSPS) is 10.1. The first-order valence-corrected chi connectivity index (χ1v) is 7.85. The smallest absolute Gasteiger partial charge is 0.269 e. The van der Waals surface area contributed by atoms with Crippen molar-refractivity contribution in [2.75, 3.05) is 39.8 Å². The number of benzene rings is 1. The molecule has 1 aromatic carbocycles. The van der Waals surface area contributed by atoms with Gasteiger partial charge < -0.3 is 24.8 Å². The van der Waals surface area contributed by atoms with E-state index < -0.39 is 0 Å². The molecule has 0 atom stereocenters. The number of aromatic nitrogens is 1. The van der Waals surface area contributed by atoms with Crippen LogP contribution >= 0.6 is 0 Å². The van der Waals surface area contributed by atoms with E-state index in [2.05, 4.69) is 15.6 Å². The summed E-state index contributed by atoms with van der Waals surface area (Å²) in [5.41, 5.74) is 0.936. The van der Waals surface area contributed by atoms with Gasteiger partial charge in [0.25, 0.3) is 11.8 Å². The second-order valence-corrected chi connectivity index (χ2v) is 5.20. The number of carbonyl (C=O) groups excluding carboxylic acids is 2. The summed E-state index contributed by atoms with van der Waals surface area (Å²) in [6.07, 6.45) is 1.41. The Bertz CT molecular complexity index is 779. The Hall–Kier alpha value is -3.13. The standard InChI is InChI=1S/C18H21N3O5/c1-24-9-8-20-18(23)15-10-12(6-7-19-15)17(22)21-14-5-4-13(25-2)11-16(14)26-3/h4-7,10-11H,8-9H2,1-3H3,(H,20,23)(H,21,22). The Morgan fingerprint density at radius 3 is 2.54 bits per heavy atom. The third kappa shape index (κ3) is 4.93. The average Bonchev–Trinajstić information content (AvgIpc) is 2.68. The number of rotatable bonds is 8. The molecular weight excluding hydrogens is 338 g/mol. The number of nitrogens with zero attached hydrogens (tertiary/aromatic N) is 1. The quantitative estimate of drug-likeness (QED) is 0.697. The van der Waals surface area contributed by atoms with Crippen LogP contribution in [-0.4, -0.2) is 51.3 Å². The molecule has 26 heavy (non-hydrogen) atoms. The van der Waals surface area contributed by atoms with Crippen molar-refractivity contribution < 1.29 is 23.8 Å². The van der Waals surface area contributed by atoms with Crippen LogP contribution in [-0.2, 0) is 4.74 Å². The van der Waals surface area contributed by atoms with Crippen LogP contribution in [0.5, 0.6) is 11.5 Å². The lowest BCUT2D eigenvalue weighted by atomic mass is 10.2. The molecule has 8 nitrogen and oxygen atoms in total. The summed E-state index contributed by atoms with van der Waals surface area (Å²) in [6.45, 7) is 0.750. The summed E-state index contributed by atoms with van der Waals surface area (Å²) in [7, 11) is 4.59. The van der Waals surface area contributed by atoms with Crippen LogP contribution < -0.4 is 20.1 Å². The molecule has 0 saturated heterocycles. The van der Waals surface area contributed by atoms with Gasteiger partial charge in [0.05, 0.1) is 26.5 Å². The van der Waals surface area contributed by atoms with E-state index in [1.54, 1.807) is 32.4 Å². The number of carbonyl (C=O) groups is 2. The Balaban J connectivity index is 2.13. The molecule has 0 unspecified atom stereocenters. The van der Waals surface area contributed by atoms with E-state index >= 15 is 0 Å². The van der Waals surface area contributed by atoms with Crippen molar-refractivity contribution in [2.45, 2.75) is 0 Å². The number of pyridine rings is 1. The molecule has 8 heteroatoms. The third-order valence-corrected chi connectivity index (χ3v) is 3.50. The zero-order valence-electron chi connectivity index (χ0n) is 14.9. The fourth-order valence-electron chi connectivity index (χ4n) is 2.15. The molecule has 0 bridgehead atoms. The highest BCUT2D eigenvalue weighted by molar-refractivity contribution is 6.06. The molecule has 2 rings (SSSR count). The Labute approximate surface area is 151 Å². The third-order valence-electron chi connectivity index (χ3n) is 3.50. The second-order valence-electron chi connectivity index (χ2n) is 5.20. The predicted octanol–water partition coefficient (Wildman–Crippen LogP) is 1.73. The minimum Gasteiger partial charge on any atom is -0.497 e. The van der Waals surface area contributed by atoms with Crippen molar-refractivity contribution in [3.05, 3.63) is 47.8 Å². The molecule has 0 aliphatic rings. The van der Waals surface area contributed by atoms with Gasteiger partial charge in [0.1, 0.15) is 17.2 Å². The van der Waals surface area contributed by atoms with Crippen LogP contribution in [0, 0.1) is 0 Å². The number of hydrogen-bond donors (Lipinski definition) is 2. The highest BCUT2D eigenvalue weighted by Crippen LogP contribution is 2.29. The maximum absolute atomic E-state index is 12.5. The summed E-state index contributed by atoms with van der Waals surface area (Å²) >= 11 is 0. The first kappa shape index (κ1) is 19.2. The van der Waals surface area contributed by atoms with Gasteiger partial charge in [-0.15, -0.1) is 0 Å². The number of nitrogens with one attached hydrogen (secondary N) is 2. The molecule has 0 fully saturated rings. The lowest BCUT2D eigenvalue weighted by molar-refractivity contribution is 0.0932. The summed E-state index contributed by atoms with van der Waals surface area (Å²) in [5.74, 6) is 0.309. The maximum atomic E-state index is 12.5. The minimum atomic E-state index is -0.387. The summed E-state index contributed by atoms with van der Waals surface area (Å²) < 4.78 is 15.3. The molecule has 138 valence electrons. The predicted molar refractivity (Wildman–Crippen MR) is 95.9 cm³/mol. The summed E-state index contributed by atoms with van der Waals surface area (Å²) in [6, 6.07) is 8.00. The molecule has 2 amide bonds. The van der Waals surface area contributed by atoms with Crippen LogP contribution in [0.3, 0.4) is 0 Å². The fraction of sp³-hybridized carbons (Fsp3) is 0.278. The van der Waals surface area contributed by atoms with E-state index in [1.165, 1.54) is 25.4 Å². The minimum absolute atomic E-state index is 0.149. The lowest BCUT2D eigenvalue weighted by Crippen LogP contribution is -2.28. The van der Waals surface area contributed by atoms with Crippen molar-refractivity contribution in [1.29, 1.82) is 0 Å². The van der Waals surface area contributed by atoms with Crippen molar-refractivity contribution in [3.8, 4) is 11.5 Å². The molecule has 1 heterocycles. The van der Waals surface area contributed by atoms with E-state index in [4.69, 9.17) is 14.2 Å². The first-order valence-electron chi connectivity index (χ1n) is 7.85. The zero-order valence-corrected chi connectivity index (χ0v) is 14.9. The maximum Gasteiger partial charge on any atom is 0.269 e. The molecule has 0 spiro atoms. The monoisotopic (exact) mass is 359 g/mol. The van der Waals surface area contributed by atoms with Gasteiger partial charge in [0.15, 0.2) is 0 Å². The fourth-order valence-corrected chi connectivity index (χ4v) is 2.15. The van der Waals surface area contributed by atoms with Crippen molar-refractivity contribution >= 4 is 17.5 Å². The number of hydrogen-bond acceptors (Lipinski definition) is 6. The van der Waals surface area contributed by atoms with Gasteiger partial charge in [-0.2, -0.15) is 0 Å². The number of anilines is 1. The lowest BCUT2D eigenvalue weighted by Gasteiger charge is -2.12. The number of amides is 2. The second kappa shape index (κ2) is 9.38. The van der Waals surface area contributed by atoms with Gasteiger partial charge in [0, 0.05) is 31.5 Å². The van der Waals surface area contributed by atoms with Crippen LogP contribution in [0.1, 0.15) is 20.8 Å². The van der Waals surface area contributed by atoms with Crippen molar-refractivity contribution in [2.24, 2.45) is 0 Å². The number of methoxy groups -OCH3 is 3. The molecule has 0 radical (unpaired) electrons. The van der Waals surface area contributed by atoms with Gasteiger partial charge in [-0.1, -0.05) is 0 Å². The number of ether oxygens (including phenoxy) is 3. The molecule has 2 N–H and O–H groups in total. The van der Waals surface area contributed by atoms with Crippen molar-refractivity contribution in [1.82, 2.24) is 10.3 Å². The van der Waals surface area contributed by atoms with Crippen LogP contribution in [0.15, 0.2) is 36.5 Å². The zero-order chi connectivity index (χ0) is 18.9. The molecule has 1 aromatic heterocycles. The van der Waals surface area contributed by atoms with Gasteiger partial charge in [-0.3, -0.25) is 14.6 Å². The van der Waals surface area contributed by atoms with Crippen LogP contribution in [0.4, 0.5) is 5.69 Å². The Morgan fingerprint density at radius 2 is 1.85 bits per heavy atom. The molecular formula is C18H21N3O5. The Kier molecular flexibility index (Phi) is 6.92. The summed E-state index contributed by atoms with van der Waals surface area (Å²) in [4.78, 5) is 28.5. The van der Waals surface area contributed by atoms with E-state index in [1.807, 2.05) is 0 Å². The molecule has 0 aliphatic carbocycles. The average molecular weight is 359 g/mol. The first-order chi connectivity index (χ1) is 12.6. The SMILES string of the molecule is COCCNC(=O)c1cc(C(=O)Nc2ccc(OC)cc2OC)ccn1. The van der Waals surface area contributed by atoms with E-state index in [0.717, 1.165) is 0 Å². The molecule has 0 aliphatic heterocycles. The van der Waals surface area contributed by atoms with Crippen LogP contribution in [0.25, 0.3) is 0 Å². The highest BCUT2D eigenvalue weighted by Gasteiger charge is 2.14. The van der Waals surface area contributed by atoms with Crippen LogP contribution in [0.2, 0.25) is 0 Å². The van der Waals surface area contributed by atoms with Gasteiger partial charge in [-0.25, -0.2) is 0 Å². The Morgan fingerprint density at radius 1 is 1.04 bits per heavy atom. The van der Waals surface area contributed by atoms with E-state index in [-0.39, 0.29) is 17.5 Å². The van der Waals surface area contributed by atoms with Gasteiger partial charge >= 0.3 is 0 Å². The molecule has 0 saturated carbocycles. The topological polar surface area (TPSA) is 98.8 Å². The molecule has 2 aromatic rings. The van der Waals surface area contributed by atoms with Gasteiger partial charge in [0.2, 0.25) is 0 Å².